The Kier molecular flexibility index (Phi) is 5.33. The fraction of sp³-hybridized carbons (Fsp3) is 0.571. The van der Waals surface area contributed by atoms with Crippen LogP contribution in [-0.4, -0.2) is 18.8 Å². The molecule has 1 rings (SSSR count). The minimum atomic E-state index is -0.0332. The lowest BCUT2D eigenvalue weighted by molar-refractivity contribution is 0.207. The molecule has 0 fully saturated rings. The molecule has 0 bridgehead atoms. The minimum absolute atomic E-state index is 0.0332. The van der Waals surface area contributed by atoms with Gasteiger partial charge in [0.2, 0.25) is 0 Å². The lowest BCUT2D eigenvalue weighted by Crippen LogP contribution is -1.95. The number of hydrogen-bond acceptors (Lipinski definition) is 2. The Labute approximate surface area is 98.3 Å². The summed E-state index contributed by atoms with van der Waals surface area (Å²) in [5, 5.41) is 9.07. The Morgan fingerprint density at radius 3 is 2.69 bits per heavy atom. The van der Waals surface area contributed by atoms with Gasteiger partial charge in [-0.3, -0.25) is 0 Å². The maximum absolute atomic E-state index is 9.07. The fourth-order valence-corrected chi connectivity index (χ4v) is 1.43. The Hall–Kier alpha value is -1.02. The maximum atomic E-state index is 9.07. The number of aliphatic hydroxyl groups is 1. The summed E-state index contributed by atoms with van der Waals surface area (Å²) in [6.07, 6.45) is 9.69. The highest BCUT2D eigenvalue weighted by Crippen LogP contribution is 2.24. The van der Waals surface area contributed by atoms with Crippen LogP contribution in [0.3, 0.4) is 0 Å². The molecule has 16 heavy (non-hydrogen) atoms. The summed E-state index contributed by atoms with van der Waals surface area (Å²) in [6, 6.07) is 0. The summed E-state index contributed by atoms with van der Waals surface area (Å²) >= 11 is 0. The van der Waals surface area contributed by atoms with Gasteiger partial charge in [0.15, 0.2) is 0 Å². The first-order chi connectivity index (χ1) is 7.65. The van der Waals surface area contributed by atoms with E-state index in [1.807, 2.05) is 6.08 Å². The molecule has 1 aliphatic carbocycles. The van der Waals surface area contributed by atoms with Crippen LogP contribution in [0.1, 0.15) is 33.1 Å². The highest BCUT2D eigenvalue weighted by molar-refractivity contribution is 5.39. The van der Waals surface area contributed by atoms with Crippen LogP contribution in [0.2, 0.25) is 0 Å². The van der Waals surface area contributed by atoms with E-state index in [4.69, 9.17) is 9.84 Å². The van der Waals surface area contributed by atoms with Crippen LogP contribution in [0.5, 0.6) is 0 Å². The summed E-state index contributed by atoms with van der Waals surface area (Å²) in [7, 11) is 1.60. The average molecular weight is 222 g/mol. The molecule has 0 saturated heterocycles. The largest absolute Gasteiger partial charge is 0.499 e. The lowest BCUT2D eigenvalue weighted by atomic mass is 10.0. The van der Waals surface area contributed by atoms with Crippen LogP contribution in [0, 0.1) is 5.92 Å². The van der Waals surface area contributed by atoms with Crippen molar-refractivity contribution in [1.29, 1.82) is 0 Å². The van der Waals surface area contributed by atoms with Crippen molar-refractivity contribution in [1.82, 2.24) is 0 Å². The predicted octanol–water partition coefficient (Wildman–Crippen LogP) is 3.20. The maximum Gasteiger partial charge on any atom is 0.121 e. The van der Waals surface area contributed by atoms with Crippen LogP contribution in [0.15, 0.2) is 35.1 Å². The second-order valence-electron chi connectivity index (χ2n) is 4.61. The van der Waals surface area contributed by atoms with Gasteiger partial charge in [-0.25, -0.2) is 0 Å². The Bertz CT molecular complexity index is 303. The average Bonchev–Trinajstić information content (AvgIpc) is 3.05. The summed E-state index contributed by atoms with van der Waals surface area (Å²) in [4.78, 5) is 0. The smallest absolute Gasteiger partial charge is 0.121 e. The van der Waals surface area contributed by atoms with E-state index in [2.05, 4.69) is 26.0 Å². The first-order valence-corrected chi connectivity index (χ1v) is 5.90. The van der Waals surface area contributed by atoms with E-state index in [1.165, 1.54) is 11.1 Å². The van der Waals surface area contributed by atoms with Gasteiger partial charge in [-0.15, -0.1) is 0 Å². The lowest BCUT2D eigenvalue weighted by Gasteiger charge is -2.08. The van der Waals surface area contributed by atoms with Gasteiger partial charge in [0, 0.05) is 0 Å². The molecule has 0 heterocycles. The van der Waals surface area contributed by atoms with E-state index in [9.17, 15) is 0 Å². The molecule has 0 spiro atoms. The topological polar surface area (TPSA) is 29.5 Å². The molecule has 0 aromatic rings. The highest BCUT2D eigenvalue weighted by Gasteiger charge is 2.07. The first kappa shape index (κ1) is 13.0. The van der Waals surface area contributed by atoms with Crippen molar-refractivity contribution in [2.24, 2.45) is 5.92 Å². The van der Waals surface area contributed by atoms with E-state index >= 15 is 0 Å². The molecular formula is C14H22O2. The molecule has 1 N–H and O–H groups in total. The summed E-state index contributed by atoms with van der Waals surface area (Å²) < 4.78 is 5.09. The molecule has 0 aromatic heterocycles. The molecule has 0 amide bonds. The molecule has 0 radical (unpaired) electrons. The molecule has 1 aliphatic rings. The monoisotopic (exact) mass is 222 g/mol. The van der Waals surface area contributed by atoms with E-state index < -0.39 is 0 Å². The second-order valence-corrected chi connectivity index (χ2v) is 4.61. The highest BCUT2D eigenvalue weighted by atomic mass is 16.5. The molecular weight excluding hydrogens is 200 g/mol. The quantitative estimate of drug-likeness (QED) is 0.529. The number of aliphatic hydroxyl groups excluding tert-OH is 1. The number of hydrogen-bond donors (Lipinski definition) is 1. The second kappa shape index (κ2) is 6.54. The van der Waals surface area contributed by atoms with E-state index in [1.54, 1.807) is 7.11 Å². The van der Waals surface area contributed by atoms with Crippen molar-refractivity contribution in [3.05, 3.63) is 35.1 Å². The summed E-state index contributed by atoms with van der Waals surface area (Å²) in [6.45, 7) is 4.41. The van der Waals surface area contributed by atoms with Gasteiger partial charge in [-0.1, -0.05) is 26.0 Å². The van der Waals surface area contributed by atoms with Crippen molar-refractivity contribution in [3.63, 3.8) is 0 Å². The van der Waals surface area contributed by atoms with Crippen LogP contribution in [0.4, 0.5) is 0 Å². The number of methoxy groups -OCH3 is 1. The third-order valence-corrected chi connectivity index (χ3v) is 2.59. The zero-order chi connectivity index (χ0) is 12.0. The van der Waals surface area contributed by atoms with E-state index in [0.717, 1.165) is 19.3 Å². The standard InChI is InChI=1S/C14H22O2/c1-11(2)4-5-13(8-12-6-7-12)9-14(10-15)16-3/h6,8-9,11,15H,4-5,7,10H2,1-3H3. The Morgan fingerprint density at radius 2 is 2.25 bits per heavy atom. The van der Waals surface area contributed by atoms with Crippen molar-refractivity contribution in [3.8, 4) is 0 Å². The zero-order valence-electron chi connectivity index (χ0n) is 10.5. The number of ether oxygens (including phenoxy) is 1. The SMILES string of the molecule is COC(=CC(=CC1=CC1)CCC(C)C)CO. The molecule has 2 heteroatoms. The molecule has 0 aromatic carbocycles. The summed E-state index contributed by atoms with van der Waals surface area (Å²) in [5.41, 5.74) is 2.65. The normalized spacial score (nSPS) is 16.4. The van der Waals surface area contributed by atoms with Gasteiger partial charge >= 0.3 is 0 Å². The molecule has 90 valence electrons. The van der Waals surface area contributed by atoms with E-state index in [0.29, 0.717) is 11.7 Å². The van der Waals surface area contributed by atoms with Crippen molar-refractivity contribution in [2.75, 3.05) is 13.7 Å². The Morgan fingerprint density at radius 1 is 1.56 bits per heavy atom. The molecule has 0 aliphatic heterocycles. The van der Waals surface area contributed by atoms with Gasteiger partial charge < -0.3 is 9.84 Å². The van der Waals surface area contributed by atoms with Crippen LogP contribution >= 0.6 is 0 Å². The zero-order valence-corrected chi connectivity index (χ0v) is 10.5. The third-order valence-electron chi connectivity index (χ3n) is 2.59. The molecule has 0 unspecified atom stereocenters. The summed E-state index contributed by atoms with van der Waals surface area (Å²) in [5.74, 6) is 1.33. The fourth-order valence-electron chi connectivity index (χ4n) is 1.43. The minimum Gasteiger partial charge on any atom is -0.499 e. The predicted molar refractivity (Wildman–Crippen MR) is 67.0 cm³/mol. The first-order valence-electron chi connectivity index (χ1n) is 5.90. The number of allylic oxidation sites excluding steroid dienone is 5. The molecule has 0 saturated carbocycles. The van der Waals surface area contributed by atoms with Crippen molar-refractivity contribution >= 4 is 0 Å². The number of rotatable bonds is 7. The van der Waals surface area contributed by atoms with Gasteiger partial charge in [-0.2, -0.15) is 0 Å². The van der Waals surface area contributed by atoms with Crippen LogP contribution < -0.4 is 0 Å². The van der Waals surface area contributed by atoms with Crippen LogP contribution in [0.25, 0.3) is 0 Å². The van der Waals surface area contributed by atoms with Crippen molar-refractivity contribution < 1.29 is 9.84 Å². The van der Waals surface area contributed by atoms with Gasteiger partial charge in [-0.05, 0) is 42.4 Å². The van der Waals surface area contributed by atoms with Gasteiger partial charge in [0.1, 0.15) is 12.4 Å². The molecule has 2 nitrogen and oxygen atoms in total. The Balaban J connectivity index is 2.63. The molecule has 0 atom stereocenters. The van der Waals surface area contributed by atoms with Gasteiger partial charge in [0.25, 0.3) is 0 Å². The van der Waals surface area contributed by atoms with Gasteiger partial charge in [0.05, 0.1) is 7.11 Å². The third kappa shape index (κ3) is 5.17. The van der Waals surface area contributed by atoms with Crippen LogP contribution in [-0.2, 0) is 4.74 Å². The van der Waals surface area contributed by atoms with Crippen molar-refractivity contribution in [2.45, 2.75) is 33.1 Å². The van der Waals surface area contributed by atoms with E-state index in [-0.39, 0.29) is 6.61 Å².